The lowest BCUT2D eigenvalue weighted by Crippen LogP contribution is -2.41. The van der Waals surface area contributed by atoms with Crippen LogP contribution in [0.15, 0.2) is 29.6 Å². The van der Waals surface area contributed by atoms with Crippen LogP contribution in [-0.4, -0.2) is 34.9 Å². The summed E-state index contributed by atoms with van der Waals surface area (Å²) in [5.41, 5.74) is -0.410. The molecular formula is C20H21F3N2O3S. The number of nitrogens with zero attached hydrogens (tertiary/aromatic N) is 2. The van der Waals surface area contributed by atoms with E-state index >= 15 is 0 Å². The Bertz CT molecular complexity index is 859. The van der Waals surface area contributed by atoms with Gasteiger partial charge < -0.3 is 9.64 Å². The topological polar surface area (TPSA) is 59.5 Å². The number of rotatable bonds is 5. The molecule has 0 atom stereocenters. The maximum Gasteiger partial charge on any atom is 0.416 e. The van der Waals surface area contributed by atoms with Gasteiger partial charge in [0.25, 0.3) is 5.91 Å². The Hall–Kier alpha value is -2.42. The van der Waals surface area contributed by atoms with Crippen LogP contribution in [0.25, 0.3) is 0 Å². The van der Waals surface area contributed by atoms with Gasteiger partial charge in [-0.2, -0.15) is 13.2 Å². The molecule has 0 bridgehead atoms. The number of halogens is 3. The molecule has 0 aliphatic heterocycles. The molecule has 156 valence electrons. The van der Waals surface area contributed by atoms with Crippen LogP contribution >= 0.6 is 11.3 Å². The third-order valence-corrected chi connectivity index (χ3v) is 5.82. The second-order valence-corrected chi connectivity index (χ2v) is 7.86. The average Bonchev–Trinajstić information content (AvgIpc) is 3.20. The lowest BCUT2D eigenvalue weighted by Gasteiger charge is -2.34. The van der Waals surface area contributed by atoms with Gasteiger partial charge in [0, 0.05) is 17.0 Å². The van der Waals surface area contributed by atoms with Gasteiger partial charge in [-0.15, -0.1) is 11.3 Å². The Morgan fingerprint density at radius 1 is 1.17 bits per heavy atom. The van der Waals surface area contributed by atoms with Gasteiger partial charge in [0.15, 0.2) is 5.69 Å². The SMILES string of the molecule is COC(=O)c1csc(CN(C(=O)c2ccc(C(F)(F)F)cc2)C2CCCCC2)n1. The van der Waals surface area contributed by atoms with E-state index in [4.69, 9.17) is 0 Å². The van der Waals surface area contributed by atoms with E-state index in [1.165, 1.54) is 30.6 Å². The maximum atomic E-state index is 13.1. The number of benzene rings is 1. The van der Waals surface area contributed by atoms with Crippen LogP contribution < -0.4 is 0 Å². The number of hydrogen-bond acceptors (Lipinski definition) is 5. The third-order valence-electron chi connectivity index (χ3n) is 4.99. The standard InChI is InChI=1S/C20H21F3N2O3S/c1-28-19(27)16-12-29-17(24-16)11-25(15-5-3-2-4-6-15)18(26)13-7-9-14(10-8-13)20(21,22)23/h7-10,12,15H,2-6,11H2,1H3. The Morgan fingerprint density at radius 3 is 2.41 bits per heavy atom. The predicted molar refractivity (Wildman–Crippen MR) is 102 cm³/mol. The van der Waals surface area contributed by atoms with E-state index in [-0.39, 0.29) is 29.8 Å². The monoisotopic (exact) mass is 426 g/mol. The second-order valence-electron chi connectivity index (χ2n) is 6.92. The van der Waals surface area contributed by atoms with Crippen LogP contribution in [0.4, 0.5) is 13.2 Å². The highest BCUT2D eigenvalue weighted by Gasteiger charge is 2.31. The molecule has 1 amide bonds. The summed E-state index contributed by atoms with van der Waals surface area (Å²) in [6, 6.07) is 4.26. The van der Waals surface area contributed by atoms with E-state index in [0.29, 0.717) is 5.01 Å². The van der Waals surface area contributed by atoms with Gasteiger partial charge in [0.1, 0.15) is 5.01 Å². The molecule has 1 aliphatic rings. The number of aromatic nitrogens is 1. The number of carbonyl (C=O) groups is 2. The molecule has 0 spiro atoms. The number of ether oxygens (including phenoxy) is 1. The number of thiazole rings is 1. The number of hydrogen-bond donors (Lipinski definition) is 0. The first-order valence-electron chi connectivity index (χ1n) is 9.30. The molecule has 29 heavy (non-hydrogen) atoms. The fourth-order valence-corrected chi connectivity index (χ4v) is 4.22. The Labute approximate surface area is 170 Å². The first-order valence-corrected chi connectivity index (χ1v) is 10.2. The summed E-state index contributed by atoms with van der Waals surface area (Å²) in [6.07, 6.45) is 0.307. The molecular weight excluding hydrogens is 405 g/mol. The molecule has 1 aliphatic carbocycles. The predicted octanol–water partition coefficient (Wildman–Crippen LogP) is 4.92. The number of alkyl halides is 3. The fourth-order valence-electron chi connectivity index (χ4n) is 3.45. The summed E-state index contributed by atoms with van der Waals surface area (Å²) in [5.74, 6) is -0.883. The van der Waals surface area contributed by atoms with Gasteiger partial charge >= 0.3 is 12.1 Å². The van der Waals surface area contributed by atoms with Gasteiger partial charge in [-0.1, -0.05) is 19.3 Å². The smallest absolute Gasteiger partial charge is 0.416 e. The van der Waals surface area contributed by atoms with Gasteiger partial charge in [-0.05, 0) is 37.1 Å². The van der Waals surface area contributed by atoms with Crippen molar-refractivity contribution in [2.75, 3.05) is 7.11 Å². The Balaban J connectivity index is 1.83. The zero-order chi connectivity index (χ0) is 21.0. The van der Waals surface area contributed by atoms with Crippen molar-refractivity contribution in [3.63, 3.8) is 0 Å². The summed E-state index contributed by atoms with van der Waals surface area (Å²) in [5, 5.41) is 2.15. The fraction of sp³-hybridized carbons (Fsp3) is 0.450. The highest BCUT2D eigenvalue weighted by atomic mass is 32.1. The van der Waals surface area contributed by atoms with Crippen LogP contribution in [0.5, 0.6) is 0 Å². The second kappa shape index (κ2) is 8.94. The van der Waals surface area contributed by atoms with Gasteiger partial charge in [0.05, 0.1) is 19.2 Å². The average molecular weight is 426 g/mol. The lowest BCUT2D eigenvalue weighted by molar-refractivity contribution is -0.137. The van der Waals surface area contributed by atoms with Crippen molar-refractivity contribution in [2.24, 2.45) is 0 Å². The summed E-state index contributed by atoms with van der Waals surface area (Å²) >= 11 is 1.25. The van der Waals surface area contributed by atoms with Crippen molar-refractivity contribution < 1.29 is 27.5 Å². The molecule has 0 unspecified atom stereocenters. The molecule has 0 N–H and O–H groups in total. The minimum absolute atomic E-state index is 0.0102. The van der Waals surface area contributed by atoms with Gasteiger partial charge in [-0.3, -0.25) is 4.79 Å². The van der Waals surface area contributed by atoms with Gasteiger partial charge in [0.2, 0.25) is 0 Å². The zero-order valence-corrected chi connectivity index (χ0v) is 16.7. The third kappa shape index (κ3) is 5.14. The van der Waals surface area contributed by atoms with Crippen molar-refractivity contribution >= 4 is 23.2 Å². The number of amides is 1. The molecule has 0 radical (unpaired) electrons. The lowest BCUT2D eigenvalue weighted by atomic mass is 9.93. The van der Waals surface area contributed by atoms with E-state index in [1.807, 2.05) is 0 Å². The van der Waals surface area contributed by atoms with E-state index in [2.05, 4.69) is 9.72 Å². The number of methoxy groups -OCH3 is 1. The highest BCUT2D eigenvalue weighted by Crippen LogP contribution is 2.30. The van der Waals surface area contributed by atoms with E-state index in [9.17, 15) is 22.8 Å². The summed E-state index contributed by atoms with van der Waals surface area (Å²) < 4.78 is 43.1. The quantitative estimate of drug-likeness (QED) is 0.637. The molecule has 9 heteroatoms. The van der Waals surface area contributed by atoms with Crippen LogP contribution in [0, 0.1) is 0 Å². The molecule has 1 fully saturated rings. The Kier molecular flexibility index (Phi) is 6.56. The number of esters is 1. The minimum Gasteiger partial charge on any atom is -0.464 e. The molecule has 1 aromatic heterocycles. The van der Waals surface area contributed by atoms with Crippen molar-refractivity contribution in [1.29, 1.82) is 0 Å². The first kappa shape index (κ1) is 21.3. The van der Waals surface area contributed by atoms with Crippen LogP contribution in [-0.2, 0) is 17.5 Å². The minimum atomic E-state index is -4.45. The maximum absolute atomic E-state index is 13.1. The van der Waals surface area contributed by atoms with E-state index in [0.717, 1.165) is 44.2 Å². The summed E-state index contributed by atoms with van der Waals surface area (Å²) in [7, 11) is 1.27. The van der Waals surface area contributed by atoms with Crippen molar-refractivity contribution in [3.8, 4) is 0 Å². The van der Waals surface area contributed by atoms with Crippen LogP contribution in [0.2, 0.25) is 0 Å². The molecule has 1 aromatic carbocycles. The molecule has 2 aromatic rings. The molecule has 3 rings (SSSR count). The molecule has 1 saturated carbocycles. The van der Waals surface area contributed by atoms with E-state index in [1.54, 1.807) is 10.3 Å². The first-order chi connectivity index (χ1) is 13.8. The summed E-state index contributed by atoms with van der Waals surface area (Å²) in [4.78, 5) is 30.7. The normalized spacial score (nSPS) is 15.2. The Morgan fingerprint density at radius 2 is 1.83 bits per heavy atom. The highest BCUT2D eigenvalue weighted by molar-refractivity contribution is 7.09. The summed E-state index contributed by atoms with van der Waals surface area (Å²) in [6.45, 7) is 0.201. The molecule has 0 saturated heterocycles. The van der Waals surface area contributed by atoms with E-state index < -0.39 is 17.7 Å². The molecule has 5 nitrogen and oxygen atoms in total. The van der Waals surface area contributed by atoms with Crippen molar-refractivity contribution in [1.82, 2.24) is 9.88 Å². The van der Waals surface area contributed by atoms with Gasteiger partial charge in [-0.25, -0.2) is 9.78 Å². The number of carbonyl (C=O) groups excluding carboxylic acids is 2. The van der Waals surface area contributed by atoms with Crippen LogP contribution in [0.1, 0.15) is 63.5 Å². The van der Waals surface area contributed by atoms with Crippen LogP contribution in [0.3, 0.4) is 0 Å². The largest absolute Gasteiger partial charge is 0.464 e. The molecule has 1 heterocycles. The van der Waals surface area contributed by atoms with Crippen molar-refractivity contribution in [3.05, 3.63) is 51.5 Å². The van der Waals surface area contributed by atoms with Crippen molar-refractivity contribution in [2.45, 2.75) is 50.9 Å². The zero-order valence-electron chi connectivity index (χ0n) is 15.9.